The van der Waals surface area contributed by atoms with Crippen LogP contribution in [0, 0.1) is 5.92 Å². The zero-order chi connectivity index (χ0) is 31.6. The van der Waals surface area contributed by atoms with Gasteiger partial charge in [0.05, 0.1) is 17.2 Å². The van der Waals surface area contributed by atoms with Gasteiger partial charge in [-0.15, -0.1) is 0 Å². The molecular formula is C38H40O6. The average molecular weight is 593 g/mol. The first-order valence-electron chi connectivity index (χ1n) is 15.1. The first kappa shape index (κ1) is 30.9. The van der Waals surface area contributed by atoms with Crippen LogP contribution in [0.2, 0.25) is 0 Å². The van der Waals surface area contributed by atoms with Gasteiger partial charge in [0.1, 0.15) is 28.6 Å². The van der Waals surface area contributed by atoms with Gasteiger partial charge in [-0.2, -0.15) is 0 Å². The Morgan fingerprint density at radius 3 is 1.52 bits per heavy atom. The molecule has 0 spiro atoms. The molecule has 1 aliphatic rings. The number of hydrogen-bond acceptors (Lipinski definition) is 6. The highest BCUT2D eigenvalue weighted by Crippen LogP contribution is 2.47. The van der Waals surface area contributed by atoms with Crippen molar-refractivity contribution in [2.24, 2.45) is 5.92 Å². The third-order valence-electron chi connectivity index (χ3n) is 7.44. The van der Waals surface area contributed by atoms with Gasteiger partial charge >= 0.3 is 11.9 Å². The van der Waals surface area contributed by atoms with E-state index >= 15 is 0 Å². The lowest BCUT2D eigenvalue weighted by molar-refractivity contribution is 0.0725. The van der Waals surface area contributed by atoms with Gasteiger partial charge < -0.3 is 18.9 Å². The van der Waals surface area contributed by atoms with E-state index in [-0.39, 0.29) is 17.6 Å². The minimum atomic E-state index is -0.436. The molecule has 4 aromatic carbocycles. The quantitative estimate of drug-likeness (QED) is 0.143. The molecule has 0 saturated carbocycles. The first-order chi connectivity index (χ1) is 20.9. The summed E-state index contributed by atoms with van der Waals surface area (Å²) >= 11 is 0. The maximum atomic E-state index is 12.9. The van der Waals surface area contributed by atoms with Crippen LogP contribution in [0.15, 0.2) is 84.9 Å². The summed E-state index contributed by atoms with van der Waals surface area (Å²) in [6.07, 6.45) is 1.05. The van der Waals surface area contributed by atoms with E-state index in [2.05, 4.69) is 20.8 Å². The summed E-state index contributed by atoms with van der Waals surface area (Å²) in [6.45, 7) is 14.4. The van der Waals surface area contributed by atoms with Crippen molar-refractivity contribution >= 4 is 11.9 Å². The number of fused-ring (bicyclic) bond motifs is 3. The Labute approximate surface area is 259 Å². The predicted molar refractivity (Wildman–Crippen MR) is 172 cm³/mol. The van der Waals surface area contributed by atoms with Gasteiger partial charge in [-0.05, 0) is 135 Å². The fourth-order valence-corrected chi connectivity index (χ4v) is 5.54. The summed E-state index contributed by atoms with van der Waals surface area (Å²) in [6, 6.07) is 25.4. The molecule has 2 atom stereocenters. The van der Waals surface area contributed by atoms with Gasteiger partial charge in [-0.3, -0.25) is 0 Å². The highest BCUT2D eigenvalue weighted by molar-refractivity contribution is 5.92. The lowest BCUT2D eigenvalue weighted by Crippen LogP contribution is -2.22. The molecule has 0 aliphatic heterocycles. The summed E-state index contributed by atoms with van der Waals surface area (Å²) in [5, 5.41) is 0. The second-order valence-electron chi connectivity index (χ2n) is 12.8. The molecule has 0 radical (unpaired) electrons. The van der Waals surface area contributed by atoms with Crippen molar-refractivity contribution in [1.29, 1.82) is 0 Å². The second kappa shape index (κ2) is 12.6. The predicted octanol–water partition coefficient (Wildman–Crippen LogP) is 9.25. The van der Waals surface area contributed by atoms with Crippen LogP contribution in [-0.2, 0) is 0 Å². The normalized spacial score (nSPS) is 14.4. The van der Waals surface area contributed by atoms with Crippen LogP contribution in [-0.4, -0.2) is 23.6 Å². The molecule has 4 aromatic rings. The van der Waals surface area contributed by atoms with Crippen LogP contribution < -0.4 is 18.9 Å². The highest BCUT2D eigenvalue weighted by Gasteiger charge is 2.27. The van der Waals surface area contributed by atoms with E-state index in [1.165, 1.54) is 0 Å². The van der Waals surface area contributed by atoms with Crippen LogP contribution in [0.3, 0.4) is 0 Å². The van der Waals surface area contributed by atoms with Gasteiger partial charge in [0.25, 0.3) is 0 Å². The van der Waals surface area contributed by atoms with E-state index in [1.807, 2.05) is 58.0 Å². The molecule has 0 amide bonds. The molecular weight excluding hydrogens is 552 g/mol. The smallest absolute Gasteiger partial charge is 0.343 e. The SMILES string of the molecule is CC(C)CC(C)Oc1ccc(C(=O)Oc2ccc3c(c2)C(C)c2cc(OC(=O)c4ccc(OC(C)(C)C)cc4)ccc2-3)cc1. The van der Waals surface area contributed by atoms with Crippen LogP contribution >= 0.6 is 0 Å². The number of hydrogen-bond donors (Lipinski definition) is 0. The Morgan fingerprint density at radius 2 is 1.09 bits per heavy atom. The topological polar surface area (TPSA) is 71.1 Å². The fourth-order valence-electron chi connectivity index (χ4n) is 5.54. The first-order valence-corrected chi connectivity index (χ1v) is 15.1. The van der Waals surface area contributed by atoms with E-state index < -0.39 is 11.9 Å². The number of rotatable bonds is 9. The molecule has 6 nitrogen and oxygen atoms in total. The summed E-state index contributed by atoms with van der Waals surface area (Å²) in [5.41, 5.74) is 4.80. The van der Waals surface area contributed by atoms with Gasteiger partial charge in [0.2, 0.25) is 0 Å². The van der Waals surface area contributed by atoms with Gasteiger partial charge in [-0.1, -0.05) is 32.9 Å². The van der Waals surface area contributed by atoms with Crippen molar-refractivity contribution in [1.82, 2.24) is 0 Å². The monoisotopic (exact) mass is 592 g/mol. The average Bonchev–Trinajstić information content (AvgIpc) is 3.23. The summed E-state index contributed by atoms with van der Waals surface area (Å²) in [5.74, 6) is 2.08. The number of carbonyl (C=O) groups is 2. The minimum Gasteiger partial charge on any atom is -0.491 e. The van der Waals surface area contributed by atoms with Crippen molar-refractivity contribution in [3.05, 3.63) is 107 Å². The van der Waals surface area contributed by atoms with Gasteiger partial charge in [0.15, 0.2) is 0 Å². The molecule has 5 rings (SSSR count). The Hall–Kier alpha value is -4.58. The van der Waals surface area contributed by atoms with E-state index in [0.29, 0.717) is 34.3 Å². The molecule has 0 N–H and O–H groups in total. The molecule has 0 bridgehead atoms. The Morgan fingerprint density at radius 1 is 0.659 bits per heavy atom. The van der Waals surface area contributed by atoms with E-state index in [4.69, 9.17) is 18.9 Å². The molecule has 0 saturated heterocycles. The summed E-state index contributed by atoms with van der Waals surface area (Å²) in [7, 11) is 0. The van der Waals surface area contributed by atoms with Crippen LogP contribution in [0.25, 0.3) is 11.1 Å². The third kappa shape index (κ3) is 7.31. The molecule has 228 valence electrons. The lowest BCUT2D eigenvalue weighted by Gasteiger charge is -2.21. The van der Waals surface area contributed by atoms with Crippen molar-refractivity contribution in [3.63, 3.8) is 0 Å². The van der Waals surface area contributed by atoms with Crippen LogP contribution in [0.5, 0.6) is 23.0 Å². The van der Waals surface area contributed by atoms with Gasteiger partial charge in [0, 0.05) is 5.92 Å². The maximum absolute atomic E-state index is 12.9. The minimum absolute atomic E-state index is 0.0235. The Balaban J connectivity index is 1.23. The molecule has 0 fully saturated rings. The molecule has 1 aliphatic carbocycles. The van der Waals surface area contributed by atoms with Crippen molar-refractivity contribution in [2.45, 2.75) is 72.5 Å². The second-order valence-corrected chi connectivity index (χ2v) is 12.8. The number of esters is 2. The molecule has 6 heteroatoms. The van der Waals surface area contributed by atoms with Crippen molar-refractivity contribution < 1.29 is 28.5 Å². The van der Waals surface area contributed by atoms with Crippen molar-refractivity contribution in [3.8, 4) is 34.1 Å². The molecule has 0 heterocycles. The largest absolute Gasteiger partial charge is 0.491 e. The van der Waals surface area contributed by atoms with E-state index in [0.717, 1.165) is 34.4 Å². The van der Waals surface area contributed by atoms with Gasteiger partial charge in [-0.25, -0.2) is 9.59 Å². The van der Waals surface area contributed by atoms with Crippen LogP contribution in [0.1, 0.15) is 92.6 Å². The summed E-state index contributed by atoms with van der Waals surface area (Å²) < 4.78 is 23.3. The van der Waals surface area contributed by atoms with E-state index in [1.54, 1.807) is 54.6 Å². The Bertz CT molecular complexity index is 1640. The lowest BCUT2D eigenvalue weighted by atomic mass is 9.99. The summed E-state index contributed by atoms with van der Waals surface area (Å²) in [4.78, 5) is 25.8. The zero-order valence-electron chi connectivity index (χ0n) is 26.5. The van der Waals surface area contributed by atoms with Crippen molar-refractivity contribution in [2.75, 3.05) is 0 Å². The highest BCUT2D eigenvalue weighted by atomic mass is 16.5. The molecule has 2 unspecified atom stereocenters. The fraction of sp³-hybridized carbons (Fsp3) is 0.316. The molecule has 44 heavy (non-hydrogen) atoms. The maximum Gasteiger partial charge on any atom is 0.343 e. The van der Waals surface area contributed by atoms with Crippen LogP contribution in [0.4, 0.5) is 0 Å². The number of ether oxygens (including phenoxy) is 4. The number of carbonyl (C=O) groups excluding carboxylic acids is 2. The number of benzene rings is 4. The standard InChI is InChI=1S/C38H40O6/c1-23(2)20-24(3)41-28-12-8-26(9-13-28)36(39)42-30-16-18-32-33-19-17-31(22-35(33)25(4)34(32)21-30)43-37(40)27-10-14-29(15-11-27)44-38(5,6)7/h8-19,21-25H,20H2,1-7H3. The van der Waals surface area contributed by atoms with E-state index in [9.17, 15) is 9.59 Å². The Kier molecular flexibility index (Phi) is 8.82. The zero-order valence-corrected chi connectivity index (χ0v) is 26.5. The molecule has 0 aromatic heterocycles. The third-order valence-corrected chi connectivity index (χ3v) is 7.44.